The predicted octanol–water partition coefficient (Wildman–Crippen LogP) is 2.76. The number of hydrogen-bond acceptors (Lipinski definition) is 4. The monoisotopic (exact) mass is 323 g/mol. The second-order valence-electron chi connectivity index (χ2n) is 5.39. The summed E-state index contributed by atoms with van der Waals surface area (Å²) in [5.41, 5.74) is 1.78. The topological polar surface area (TPSA) is 75.6 Å². The van der Waals surface area contributed by atoms with E-state index in [4.69, 9.17) is 9.84 Å². The lowest BCUT2D eigenvalue weighted by molar-refractivity contribution is -0.133. The van der Waals surface area contributed by atoms with Crippen LogP contribution in [0.25, 0.3) is 0 Å². The van der Waals surface area contributed by atoms with E-state index in [1.165, 1.54) is 11.8 Å². The highest BCUT2D eigenvalue weighted by molar-refractivity contribution is 7.99. The van der Waals surface area contributed by atoms with Gasteiger partial charge < -0.3 is 15.2 Å². The number of carboxylic acids is 1. The van der Waals surface area contributed by atoms with Gasteiger partial charge in [-0.05, 0) is 36.5 Å². The molecule has 0 aromatic heterocycles. The van der Waals surface area contributed by atoms with Crippen molar-refractivity contribution in [3.8, 4) is 0 Å². The van der Waals surface area contributed by atoms with Crippen LogP contribution in [0.15, 0.2) is 24.3 Å². The molecule has 0 unspecified atom stereocenters. The summed E-state index contributed by atoms with van der Waals surface area (Å²) >= 11 is 1.34. The van der Waals surface area contributed by atoms with E-state index in [1.807, 2.05) is 24.3 Å². The standard InChI is InChI=1S/C16H21NO4S/c18-15(9-12-4-6-21-7-5-12)17-14-3-1-2-13(8-14)10-22-11-16(19)20/h1-3,8,12H,4-7,9-11H2,(H,17,18)(H,19,20). The van der Waals surface area contributed by atoms with Gasteiger partial charge in [0.1, 0.15) is 0 Å². The van der Waals surface area contributed by atoms with Gasteiger partial charge in [-0.25, -0.2) is 0 Å². The molecule has 0 spiro atoms. The molecule has 2 N–H and O–H groups in total. The van der Waals surface area contributed by atoms with Gasteiger partial charge >= 0.3 is 5.97 Å². The van der Waals surface area contributed by atoms with E-state index < -0.39 is 5.97 Å². The number of benzene rings is 1. The van der Waals surface area contributed by atoms with E-state index in [0.29, 0.717) is 18.1 Å². The van der Waals surface area contributed by atoms with Crippen LogP contribution in [0, 0.1) is 5.92 Å². The second kappa shape index (κ2) is 8.80. The number of aliphatic carboxylic acids is 1. The lowest BCUT2D eigenvalue weighted by atomic mass is 9.96. The van der Waals surface area contributed by atoms with Crippen molar-refractivity contribution in [1.82, 2.24) is 0 Å². The Kier molecular flexibility index (Phi) is 6.74. The molecule has 1 aliphatic heterocycles. The van der Waals surface area contributed by atoms with Crippen molar-refractivity contribution in [1.29, 1.82) is 0 Å². The minimum absolute atomic E-state index is 0.0299. The Morgan fingerprint density at radius 1 is 1.32 bits per heavy atom. The average Bonchev–Trinajstić information content (AvgIpc) is 2.48. The zero-order valence-electron chi connectivity index (χ0n) is 12.4. The molecule has 1 aliphatic rings. The predicted molar refractivity (Wildman–Crippen MR) is 87.0 cm³/mol. The van der Waals surface area contributed by atoms with Gasteiger partial charge in [-0.15, -0.1) is 11.8 Å². The number of amides is 1. The molecule has 22 heavy (non-hydrogen) atoms. The quantitative estimate of drug-likeness (QED) is 0.807. The van der Waals surface area contributed by atoms with Crippen LogP contribution in [0.5, 0.6) is 0 Å². The van der Waals surface area contributed by atoms with Gasteiger partial charge in [0, 0.05) is 31.1 Å². The lowest BCUT2D eigenvalue weighted by Crippen LogP contribution is -2.22. The summed E-state index contributed by atoms with van der Waals surface area (Å²) in [6.45, 7) is 1.49. The Morgan fingerprint density at radius 3 is 2.82 bits per heavy atom. The summed E-state index contributed by atoms with van der Waals surface area (Å²) in [6.07, 6.45) is 2.42. The highest BCUT2D eigenvalue weighted by Gasteiger charge is 2.17. The summed E-state index contributed by atoms with van der Waals surface area (Å²) in [5.74, 6) is 0.326. The minimum Gasteiger partial charge on any atom is -0.481 e. The maximum absolute atomic E-state index is 12.1. The van der Waals surface area contributed by atoms with Gasteiger partial charge in [-0.2, -0.15) is 0 Å². The third-order valence-corrected chi connectivity index (χ3v) is 4.51. The van der Waals surface area contributed by atoms with Crippen molar-refractivity contribution in [2.75, 3.05) is 24.3 Å². The Morgan fingerprint density at radius 2 is 2.09 bits per heavy atom. The van der Waals surface area contributed by atoms with Crippen LogP contribution in [-0.2, 0) is 20.1 Å². The molecular formula is C16H21NO4S. The molecule has 1 amide bonds. The first-order chi connectivity index (χ1) is 10.6. The molecule has 0 bridgehead atoms. The van der Waals surface area contributed by atoms with E-state index in [-0.39, 0.29) is 11.7 Å². The van der Waals surface area contributed by atoms with Crippen molar-refractivity contribution in [2.24, 2.45) is 5.92 Å². The summed E-state index contributed by atoms with van der Waals surface area (Å²) < 4.78 is 5.29. The maximum Gasteiger partial charge on any atom is 0.313 e. The van der Waals surface area contributed by atoms with Crippen molar-refractivity contribution >= 4 is 29.3 Å². The highest BCUT2D eigenvalue weighted by atomic mass is 32.2. The van der Waals surface area contributed by atoms with Gasteiger partial charge in [0.25, 0.3) is 0 Å². The number of ether oxygens (including phenoxy) is 1. The van der Waals surface area contributed by atoms with Gasteiger partial charge in [0.15, 0.2) is 0 Å². The molecule has 1 heterocycles. The zero-order valence-corrected chi connectivity index (χ0v) is 13.2. The fourth-order valence-corrected chi connectivity index (χ4v) is 3.11. The molecule has 6 heteroatoms. The summed E-state index contributed by atoms with van der Waals surface area (Å²) in [5, 5.41) is 11.6. The van der Waals surface area contributed by atoms with Crippen molar-refractivity contribution in [3.05, 3.63) is 29.8 Å². The first-order valence-electron chi connectivity index (χ1n) is 7.39. The van der Waals surface area contributed by atoms with Crippen LogP contribution < -0.4 is 5.32 Å². The Labute approximate surface area is 134 Å². The zero-order chi connectivity index (χ0) is 15.8. The first kappa shape index (κ1) is 16.8. The van der Waals surface area contributed by atoms with Crippen molar-refractivity contribution in [2.45, 2.75) is 25.0 Å². The smallest absolute Gasteiger partial charge is 0.313 e. The molecule has 1 fully saturated rings. The first-order valence-corrected chi connectivity index (χ1v) is 8.55. The Bertz CT molecular complexity index is 515. The third kappa shape index (κ3) is 6.07. The van der Waals surface area contributed by atoms with Gasteiger partial charge in [-0.1, -0.05) is 12.1 Å². The van der Waals surface area contributed by atoms with E-state index in [0.717, 1.165) is 37.3 Å². The molecule has 0 radical (unpaired) electrons. The van der Waals surface area contributed by atoms with Gasteiger partial charge in [0.05, 0.1) is 5.75 Å². The van der Waals surface area contributed by atoms with Gasteiger partial charge in [-0.3, -0.25) is 9.59 Å². The lowest BCUT2D eigenvalue weighted by Gasteiger charge is -2.21. The molecular weight excluding hydrogens is 302 g/mol. The van der Waals surface area contributed by atoms with Crippen molar-refractivity contribution < 1.29 is 19.4 Å². The van der Waals surface area contributed by atoms with Gasteiger partial charge in [0.2, 0.25) is 5.91 Å². The number of rotatable bonds is 7. The molecule has 0 saturated carbocycles. The maximum atomic E-state index is 12.1. The third-order valence-electron chi connectivity index (χ3n) is 3.52. The van der Waals surface area contributed by atoms with Crippen LogP contribution in [0.1, 0.15) is 24.8 Å². The largest absolute Gasteiger partial charge is 0.481 e. The molecule has 1 saturated heterocycles. The summed E-state index contributed by atoms with van der Waals surface area (Å²) in [6, 6.07) is 7.56. The van der Waals surface area contributed by atoms with Crippen LogP contribution in [0.4, 0.5) is 5.69 Å². The average molecular weight is 323 g/mol. The Balaban J connectivity index is 1.81. The van der Waals surface area contributed by atoms with Crippen molar-refractivity contribution in [3.63, 3.8) is 0 Å². The fraction of sp³-hybridized carbons (Fsp3) is 0.500. The van der Waals surface area contributed by atoms with E-state index >= 15 is 0 Å². The molecule has 1 aromatic carbocycles. The molecule has 1 aromatic rings. The number of thioether (sulfide) groups is 1. The van der Waals surface area contributed by atoms with Crippen LogP contribution in [-0.4, -0.2) is 35.9 Å². The molecule has 0 aliphatic carbocycles. The van der Waals surface area contributed by atoms with E-state index in [2.05, 4.69) is 5.32 Å². The van der Waals surface area contributed by atoms with Crippen LogP contribution >= 0.6 is 11.8 Å². The second-order valence-corrected chi connectivity index (χ2v) is 6.38. The molecule has 2 rings (SSSR count). The highest BCUT2D eigenvalue weighted by Crippen LogP contribution is 2.20. The number of nitrogens with one attached hydrogen (secondary N) is 1. The SMILES string of the molecule is O=C(O)CSCc1cccc(NC(=O)CC2CCOCC2)c1. The van der Waals surface area contributed by atoms with Crippen LogP contribution in [0.2, 0.25) is 0 Å². The number of carbonyl (C=O) groups excluding carboxylic acids is 1. The summed E-state index contributed by atoms with van der Waals surface area (Å²) in [7, 11) is 0. The number of carbonyl (C=O) groups is 2. The minimum atomic E-state index is -0.814. The number of hydrogen-bond donors (Lipinski definition) is 2. The van der Waals surface area contributed by atoms with Crippen LogP contribution in [0.3, 0.4) is 0 Å². The molecule has 120 valence electrons. The van der Waals surface area contributed by atoms with E-state index in [1.54, 1.807) is 0 Å². The number of anilines is 1. The fourth-order valence-electron chi connectivity index (χ4n) is 2.42. The normalized spacial score (nSPS) is 15.5. The molecule has 5 nitrogen and oxygen atoms in total. The number of carboxylic acid groups (broad SMARTS) is 1. The van der Waals surface area contributed by atoms with E-state index in [9.17, 15) is 9.59 Å². The Hall–Kier alpha value is -1.53. The molecule has 0 atom stereocenters. The summed E-state index contributed by atoms with van der Waals surface area (Å²) in [4.78, 5) is 22.6.